The van der Waals surface area contributed by atoms with Crippen molar-refractivity contribution in [2.75, 3.05) is 11.1 Å². The smallest absolute Gasteiger partial charge is 0.257 e. The minimum absolute atomic E-state index is 0.183. The second-order valence-electron chi connectivity index (χ2n) is 5.68. The molecule has 2 N–H and O–H groups in total. The SMILES string of the molecule is CCc1ncc(NC(=O)[C@@](C)(O)CS(=O)(=O)c2ccc(F)cc2)cn1. The van der Waals surface area contributed by atoms with Gasteiger partial charge in [-0.2, -0.15) is 0 Å². The van der Waals surface area contributed by atoms with E-state index in [2.05, 4.69) is 15.3 Å². The zero-order valence-electron chi connectivity index (χ0n) is 13.7. The van der Waals surface area contributed by atoms with Gasteiger partial charge in [0, 0.05) is 6.42 Å². The molecule has 0 unspecified atom stereocenters. The zero-order chi connectivity index (χ0) is 18.7. The number of amides is 1. The first-order chi connectivity index (χ1) is 11.6. The molecule has 1 aromatic carbocycles. The highest BCUT2D eigenvalue weighted by molar-refractivity contribution is 7.91. The van der Waals surface area contributed by atoms with Crippen molar-refractivity contribution in [1.29, 1.82) is 0 Å². The molecule has 0 bridgehead atoms. The van der Waals surface area contributed by atoms with E-state index in [1.165, 1.54) is 12.4 Å². The average Bonchev–Trinajstić information content (AvgIpc) is 2.55. The zero-order valence-corrected chi connectivity index (χ0v) is 14.5. The Balaban J connectivity index is 2.13. The van der Waals surface area contributed by atoms with Gasteiger partial charge in [0.05, 0.1) is 28.7 Å². The van der Waals surface area contributed by atoms with Gasteiger partial charge in [-0.3, -0.25) is 4.79 Å². The van der Waals surface area contributed by atoms with E-state index < -0.39 is 32.9 Å². The van der Waals surface area contributed by atoms with Crippen molar-refractivity contribution in [2.45, 2.75) is 30.8 Å². The first-order valence-electron chi connectivity index (χ1n) is 7.47. The summed E-state index contributed by atoms with van der Waals surface area (Å²) in [6.07, 6.45) is 3.37. The monoisotopic (exact) mass is 367 g/mol. The van der Waals surface area contributed by atoms with Gasteiger partial charge in [-0.1, -0.05) is 6.92 Å². The first-order valence-corrected chi connectivity index (χ1v) is 9.12. The van der Waals surface area contributed by atoms with E-state index >= 15 is 0 Å². The van der Waals surface area contributed by atoms with Crippen LogP contribution in [0.25, 0.3) is 0 Å². The maximum atomic E-state index is 12.9. The molecule has 7 nitrogen and oxygen atoms in total. The van der Waals surface area contributed by atoms with Gasteiger partial charge in [-0.25, -0.2) is 22.8 Å². The Morgan fingerprint density at radius 1 is 1.24 bits per heavy atom. The van der Waals surface area contributed by atoms with E-state index in [9.17, 15) is 22.7 Å². The van der Waals surface area contributed by atoms with Crippen molar-refractivity contribution >= 4 is 21.4 Å². The van der Waals surface area contributed by atoms with Gasteiger partial charge in [0.1, 0.15) is 11.6 Å². The number of benzene rings is 1. The molecule has 0 fully saturated rings. The van der Waals surface area contributed by atoms with E-state index in [4.69, 9.17) is 0 Å². The fourth-order valence-corrected chi connectivity index (χ4v) is 3.62. The first kappa shape index (κ1) is 18.9. The summed E-state index contributed by atoms with van der Waals surface area (Å²) in [4.78, 5) is 20.0. The van der Waals surface area contributed by atoms with Gasteiger partial charge >= 0.3 is 0 Å². The van der Waals surface area contributed by atoms with E-state index in [-0.39, 0.29) is 10.6 Å². The molecular formula is C16H18FN3O4S. The van der Waals surface area contributed by atoms with Gasteiger partial charge in [0.25, 0.3) is 5.91 Å². The van der Waals surface area contributed by atoms with Gasteiger partial charge < -0.3 is 10.4 Å². The number of aryl methyl sites for hydroxylation is 1. The van der Waals surface area contributed by atoms with E-state index in [1.54, 1.807) is 0 Å². The molecule has 0 saturated heterocycles. The Morgan fingerprint density at radius 3 is 2.32 bits per heavy atom. The highest BCUT2D eigenvalue weighted by Gasteiger charge is 2.36. The van der Waals surface area contributed by atoms with Crippen molar-refractivity contribution in [3.63, 3.8) is 0 Å². The molecule has 2 rings (SSSR count). The Hall–Kier alpha value is -2.39. The Kier molecular flexibility index (Phi) is 5.48. The van der Waals surface area contributed by atoms with Crippen molar-refractivity contribution in [3.05, 3.63) is 48.3 Å². The van der Waals surface area contributed by atoms with Gasteiger partial charge in [-0.05, 0) is 31.2 Å². The molecule has 0 spiro atoms. The van der Waals surface area contributed by atoms with Crippen LogP contribution in [0.15, 0.2) is 41.6 Å². The standard InChI is InChI=1S/C16H18FN3O4S/c1-3-14-18-8-12(9-19-14)20-15(21)16(2,22)10-25(23,24)13-6-4-11(17)5-7-13/h4-9,22H,3,10H2,1-2H3,(H,20,21)/t16-/m0/s1. The summed E-state index contributed by atoms with van der Waals surface area (Å²) in [5, 5.41) is 12.7. The van der Waals surface area contributed by atoms with Crippen LogP contribution in [0, 0.1) is 5.82 Å². The predicted molar refractivity (Wildman–Crippen MR) is 89.1 cm³/mol. The fourth-order valence-electron chi connectivity index (χ4n) is 2.03. The number of hydrogen-bond acceptors (Lipinski definition) is 6. The summed E-state index contributed by atoms with van der Waals surface area (Å²) in [6.45, 7) is 2.96. The molecule has 0 radical (unpaired) electrons. The third-order valence-corrected chi connectivity index (χ3v) is 5.34. The fraction of sp³-hybridized carbons (Fsp3) is 0.312. The van der Waals surface area contributed by atoms with Crippen LogP contribution in [-0.2, 0) is 21.1 Å². The number of anilines is 1. The van der Waals surface area contributed by atoms with Crippen LogP contribution in [-0.4, -0.2) is 40.8 Å². The summed E-state index contributed by atoms with van der Waals surface area (Å²) in [5.74, 6) is -1.76. The van der Waals surface area contributed by atoms with E-state index in [0.29, 0.717) is 12.2 Å². The van der Waals surface area contributed by atoms with Crippen molar-refractivity contribution < 1.29 is 22.7 Å². The molecular weight excluding hydrogens is 349 g/mol. The largest absolute Gasteiger partial charge is 0.379 e. The molecule has 2 aromatic rings. The summed E-state index contributed by atoms with van der Waals surface area (Å²) in [6, 6.07) is 4.15. The number of nitrogens with zero attached hydrogens (tertiary/aromatic N) is 2. The maximum absolute atomic E-state index is 12.9. The molecule has 0 aliphatic heterocycles. The van der Waals surface area contributed by atoms with Crippen molar-refractivity contribution in [1.82, 2.24) is 9.97 Å². The van der Waals surface area contributed by atoms with Crippen molar-refractivity contribution in [3.8, 4) is 0 Å². The second kappa shape index (κ2) is 7.24. The Morgan fingerprint density at radius 2 is 1.80 bits per heavy atom. The Labute approximate surface area is 144 Å². The quantitative estimate of drug-likeness (QED) is 0.746. The van der Waals surface area contributed by atoms with Crippen LogP contribution in [0.2, 0.25) is 0 Å². The molecule has 1 amide bonds. The lowest BCUT2D eigenvalue weighted by molar-refractivity contribution is -0.130. The molecule has 25 heavy (non-hydrogen) atoms. The normalized spacial score (nSPS) is 13.9. The average molecular weight is 367 g/mol. The van der Waals surface area contributed by atoms with Gasteiger partial charge in [-0.15, -0.1) is 0 Å². The van der Waals surface area contributed by atoms with Gasteiger partial charge in [0.15, 0.2) is 15.4 Å². The number of aliphatic hydroxyl groups is 1. The van der Waals surface area contributed by atoms with Crippen molar-refractivity contribution in [2.24, 2.45) is 0 Å². The molecule has 1 aromatic heterocycles. The van der Waals surface area contributed by atoms with Crippen LogP contribution in [0.4, 0.5) is 10.1 Å². The Bertz CT molecular complexity index is 850. The second-order valence-corrected chi connectivity index (χ2v) is 7.67. The van der Waals surface area contributed by atoms with Crippen LogP contribution < -0.4 is 5.32 Å². The molecule has 0 aliphatic carbocycles. The molecule has 1 atom stereocenters. The number of sulfone groups is 1. The maximum Gasteiger partial charge on any atom is 0.257 e. The number of hydrogen-bond donors (Lipinski definition) is 2. The van der Waals surface area contributed by atoms with Crippen LogP contribution >= 0.6 is 0 Å². The topological polar surface area (TPSA) is 109 Å². The molecule has 0 saturated carbocycles. The predicted octanol–water partition coefficient (Wildman–Crippen LogP) is 1.34. The number of aromatic nitrogens is 2. The number of rotatable bonds is 6. The molecule has 134 valence electrons. The molecule has 1 heterocycles. The number of halogens is 1. The third kappa shape index (κ3) is 4.80. The van der Waals surface area contributed by atoms with E-state index in [1.807, 2.05) is 6.92 Å². The van der Waals surface area contributed by atoms with Crippen LogP contribution in [0.1, 0.15) is 19.7 Å². The minimum Gasteiger partial charge on any atom is -0.379 e. The number of carbonyl (C=O) groups excluding carboxylic acids is 1. The summed E-state index contributed by atoms with van der Waals surface area (Å²) >= 11 is 0. The van der Waals surface area contributed by atoms with Crippen LogP contribution in [0.3, 0.4) is 0 Å². The molecule has 0 aliphatic rings. The van der Waals surface area contributed by atoms with Gasteiger partial charge in [0.2, 0.25) is 0 Å². The van der Waals surface area contributed by atoms with E-state index in [0.717, 1.165) is 31.2 Å². The number of carbonyl (C=O) groups is 1. The lowest BCUT2D eigenvalue weighted by Gasteiger charge is -2.22. The third-order valence-electron chi connectivity index (χ3n) is 3.41. The minimum atomic E-state index is -3.99. The summed E-state index contributed by atoms with van der Waals surface area (Å²) in [5.41, 5.74) is -1.96. The highest BCUT2D eigenvalue weighted by atomic mass is 32.2. The summed E-state index contributed by atoms with van der Waals surface area (Å²) < 4.78 is 37.5. The molecule has 9 heteroatoms. The number of nitrogens with one attached hydrogen (secondary N) is 1. The lowest BCUT2D eigenvalue weighted by Crippen LogP contribution is -2.45. The summed E-state index contributed by atoms with van der Waals surface area (Å²) in [7, 11) is -3.99. The highest BCUT2D eigenvalue weighted by Crippen LogP contribution is 2.19. The lowest BCUT2D eigenvalue weighted by atomic mass is 10.1. The van der Waals surface area contributed by atoms with Crippen LogP contribution in [0.5, 0.6) is 0 Å².